The number of hydrogen-bond donors (Lipinski definition) is 1. The van der Waals surface area contributed by atoms with Gasteiger partial charge < -0.3 is 14.8 Å². The van der Waals surface area contributed by atoms with E-state index in [4.69, 9.17) is 9.47 Å². The van der Waals surface area contributed by atoms with Crippen LogP contribution in [0.3, 0.4) is 0 Å². The van der Waals surface area contributed by atoms with Crippen LogP contribution in [0.2, 0.25) is 0 Å². The van der Waals surface area contributed by atoms with Crippen LogP contribution in [0, 0.1) is 5.92 Å². The molecule has 2 aromatic heterocycles. The standard InChI is InChI=1S/C23H27N5O3/c1-16(20-5-3-4-10-24-20)31-22-7-6-18(13-19(22)21-15-28(2)27-26-21)23(29)25-14-17-8-11-30-12-9-17/h3-7,10,13,15-17H,8-9,11-12,14H2,1-2H3,(H,25,29)/t16-/m0/s1. The maximum absolute atomic E-state index is 12.8. The number of nitrogens with one attached hydrogen (secondary N) is 1. The Hall–Kier alpha value is -3.26. The summed E-state index contributed by atoms with van der Waals surface area (Å²) >= 11 is 0. The number of benzene rings is 1. The molecule has 3 heterocycles. The molecule has 0 bridgehead atoms. The first-order chi connectivity index (χ1) is 15.1. The van der Waals surface area contributed by atoms with Crippen LogP contribution in [0.4, 0.5) is 0 Å². The summed E-state index contributed by atoms with van der Waals surface area (Å²) in [5, 5.41) is 11.3. The van der Waals surface area contributed by atoms with Crippen molar-refractivity contribution in [2.75, 3.05) is 19.8 Å². The van der Waals surface area contributed by atoms with E-state index in [1.54, 1.807) is 30.2 Å². The first-order valence-electron chi connectivity index (χ1n) is 10.5. The highest BCUT2D eigenvalue weighted by atomic mass is 16.5. The molecule has 3 aromatic rings. The number of carbonyl (C=O) groups excluding carboxylic acids is 1. The second kappa shape index (κ2) is 9.70. The van der Waals surface area contributed by atoms with Crippen molar-refractivity contribution in [3.8, 4) is 17.0 Å². The summed E-state index contributed by atoms with van der Waals surface area (Å²) in [7, 11) is 1.80. The van der Waals surface area contributed by atoms with E-state index in [2.05, 4.69) is 20.6 Å². The summed E-state index contributed by atoms with van der Waals surface area (Å²) in [6.45, 7) is 4.12. The van der Waals surface area contributed by atoms with Crippen molar-refractivity contribution in [1.29, 1.82) is 0 Å². The van der Waals surface area contributed by atoms with Gasteiger partial charge in [0.25, 0.3) is 5.91 Å². The zero-order chi connectivity index (χ0) is 21.6. The van der Waals surface area contributed by atoms with Crippen LogP contribution in [0.1, 0.15) is 41.9 Å². The van der Waals surface area contributed by atoms with E-state index < -0.39 is 0 Å². The van der Waals surface area contributed by atoms with Crippen LogP contribution in [-0.2, 0) is 11.8 Å². The number of nitrogens with zero attached hydrogens (tertiary/aromatic N) is 4. The van der Waals surface area contributed by atoms with Gasteiger partial charge in [0.1, 0.15) is 17.5 Å². The summed E-state index contributed by atoms with van der Waals surface area (Å²) in [6.07, 6.45) is 5.24. The van der Waals surface area contributed by atoms with Crippen LogP contribution in [-0.4, -0.2) is 45.6 Å². The number of rotatable bonds is 7. The molecule has 162 valence electrons. The molecular weight excluding hydrogens is 394 g/mol. The fraction of sp³-hybridized carbons (Fsp3) is 0.391. The highest BCUT2D eigenvalue weighted by Gasteiger charge is 2.19. The molecular formula is C23H27N5O3. The number of aryl methyl sites for hydroxylation is 1. The molecule has 0 aliphatic carbocycles. The first kappa shape index (κ1) is 21.0. The molecule has 0 radical (unpaired) electrons. The molecule has 0 unspecified atom stereocenters. The van der Waals surface area contributed by atoms with Gasteiger partial charge >= 0.3 is 0 Å². The molecule has 8 nitrogen and oxygen atoms in total. The van der Waals surface area contributed by atoms with Gasteiger partial charge in [-0.15, -0.1) is 5.10 Å². The van der Waals surface area contributed by atoms with Crippen molar-refractivity contribution in [3.05, 3.63) is 60.0 Å². The largest absolute Gasteiger partial charge is 0.484 e. The molecule has 1 saturated heterocycles. The molecule has 1 aromatic carbocycles. The van der Waals surface area contributed by atoms with Crippen molar-refractivity contribution in [2.45, 2.75) is 25.9 Å². The van der Waals surface area contributed by atoms with E-state index in [0.717, 1.165) is 37.3 Å². The van der Waals surface area contributed by atoms with Gasteiger partial charge in [0, 0.05) is 44.1 Å². The summed E-state index contributed by atoms with van der Waals surface area (Å²) in [6, 6.07) is 11.1. The van der Waals surface area contributed by atoms with Gasteiger partial charge in [0.15, 0.2) is 0 Å². The monoisotopic (exact) mass is 421 g/mol. The summed E-state index contributed by atoms with van der Waals surface area (Å²) in [5.74, 6) is 0.972. The topological polar surface area (TPSA) is 91.2 Å². The highest BCUT2D eigenvalue weighted by Crippen LogP contribution is 2.32. The lowest BCUT2D eigenvalue weighted by Crippen LogP contribution is -2.32. The molecule has 0 saturated carbocycles. The van der Waals surface area contributed by atoms with E-state index >= 15 is 0 Å². The Labute approximate surface area is 181 Å². The lowest BCUT2D eigenvalue weighted by molar-refractivity contribution is 0.0642. The van der Waals surface area contributed by atoms with Gasteiger partial charge in [-0.3, -0.25) is 14.5 Å². The minimum atomic E-state index is -0.259. The van der Waals surface area contributed by atoms with Crippen molar-refractivity contribution < 1.29 is 14.3 Å². The minimum absolute atomic E-state index is 0.110. The highest BCUT2D eigenvalue weighted by molar-refractivity contribution is 5.96. The van der Waals surface area contributed by atoms with E-state index in [1.165, 1.54) is 0 Å². The average Bonchev–Trinajstić information content (AvgIpc) is 3.25. The Bertz CT molecular complexity index is 1020. The number of aromatic nitrogens is 4. The molecule has 1 atom stereocenters. The molecule has 0 spiro atoms. The van der Waals surface area contributed by atoms with E-state index in [-0.39, 0.29) is 12.0 Å². The molecule has 31 heavy (non-hydrogen) atoms. The van der Waals surface area contributed by atoms with E-state index in [9.17, 15) is 4.79 Å². The molecule has 1 amide bonds. The third-order valence-corrected chi connectivity index (χ3v) is 5.42. The Balaban J connectivity index is 1.55. The summed E-state index contributed by atoms with van der Waals surface area (Å²) in [5.41, 5.74) is 2.75. The van der Waals surface area contributed by atoms with Crippen LogP contribution < -0.4 is 10.1 Å². The Kier molecular flexibility index (Phi) is 6.57. The fourth-order valence-electron chi connectivity index (χ4n) is 3.60. The average molecular weight is 422 g/mol. The van der Waals surface area contributed by atoms with Gasteiger partial charge in [0.05, 0.1) is 11.9 Å². The van der Waals surface area contributed by atoms with Gasteiger partial charge in [0.2, 0.25) is 0 Å². The molecule has 4 rings (SSSR count). The number of hydrogen-bond acceptors (Lipinski definition) is 6. The van der Waals surface area contributed by atoms with Crippen LogP contribution in [0.25, 0.3) is 11.3 Å². The molecule has 1 fully saturated rings. The number of carbonyl (C=O) groups is 1. The van der Waals surface area contributed by atoms with Crippen LogP contribution in [0.5, 0.6) is 5.75 Å². The zero-order valence-electron chi connectivity index (χ0n) is 17.8. The van der Waals surface area contributed by atoms with Gasteiger partial charge in [-0.05, 0) is 56.0 Å². The van der Waals surface area contributed by atoms with Gasteiger partial charge in [-0.2, -0.15) is 0 Å². The van der Waals surface area contributed by atoms with Gasteiger partial charge in [-0.1, -0.05) is 11.3 Å². The van der Waals surface area contributed by atoms with E-state index in [0.29, 0.717) is 29.5 Å². The number of ether oxygens (including phenoxy) is 2. The normalized spacial score (nSPS) is 15.4. The van der Waals surface area contributed by atoms with Crippen molar-refractivity contribution >= 4 is 5.91 Å². The maximum atomic E-state index is 12.8. The zero-order valence-corrected chi connectivity index (χ0v) is 17.8. The fourth-order valence-corrected chi connectivity index (χ4v) is 3.60. The molecule has 1 aliphatic heterocycles. The Morgan fingerprint density at radius 3 is 2.84 bits per heavy atom. The van der Waals surface area contributed by atoms with Crippen LogP contribution >= 0.6 is 0 Å². The minimum Gasteiger partial charge on any atom is -0.484 e. The predicted octanol–water partition coefficient (Wildman–Crippen LogP) is 3.17. The second-order valence-corrected chi connectivity index (χ2v) is 7.77. The molecule has 1 aliphatic rings. The first-order valence-corrected chi connectivity index (χ1v) is 10.5. The third kappa shape index (κ3) is 5.27. The SMILES string of the molecule is C[C@H](Oc1ccc(C(=O)NCC2CCOCC2)cc1-c1cn(C)nn1)c1ccccn1. The predicted molar refractivity (Wildman–Crippen MR) is 116 cm³/mol. The van der Waals surface area contributed by atoms with Crippen molar-refractivity contribution in [3.63, 3.8) is 0 Å². The van der Waals surface area contributed by atoms with Crippen molar-refractivity contribution in [1.82, 2.24) is 25.3 Å². The quantitative estimate of drug-likeness (QED) is 0.630. The van der Waals surface area contributed by atoms with Gasteiger partial charge in [-0.25, -0.2) is 0 Å². The van der Waals surface area contributed by atoms with Crippen molar-refractivity contribution in [2.24, 2.45) is 13.0 Å². The van der Waals surface area contributed by atoms with E-state index in [1.807, 2.05) is 37.3 Å². The molecule has 1 N–H and O–H groups in total. The van der Waals surface area contributed by atoms with Crippen LogP contribution in [0.15, 0.2) is 48.8 Å². The lowest BCUT2D eigenvalue weighted by atomic mass is 10.00. The Morgan fingerprint density at radius 1 is 1.29 bits per heavy atom. The number of amides is 1. The maximum Gasteiger partial charge on any atom is 0.251 e. The smallest absolute Gasteiger partial charge is 0.251 e. The summed E-state index contributed by atoms with van der Waals surface area (Å²) < 4.78 is 13.2. The molecule has 8 heteroatoms. The number of pyridine rings is 1. The lowest BCUT2D eigenvalue weighted by Gasteiger charge is -2.22. The third-order valence-electron chi connectivity index (χ3n) is 5.42. The second-order valence-electron chi connectivity index (χ2n) is 7.77. The Morgan fingerprint density at radius 2 is 2.13 bits per heavy atom. The summed E-state index contributed by atoms with van der Waals surface area (Å²) in [4.78, 5) is 17.2.